The van der Waals surface area contributed by atoms with Gasteiger partial charge in [0.1, 0.15) is 11.6 Å². The molecule has 7 heteroatoms. The average molecular weight is 510 g/mol. The second kappa shape index (κ2) is 12.6. The molecule has 182 valence electrons. The van der Waals surface area contributed by atoms with Crippen LogP contribution in [0.15, 0.2) is 72.8 Å². The highest BCUT2D eigenvalue weighted by Gasteiger charge is 2.10. The normalized spacial score (nSPS) is 11.0. The molecule has 1 aromatic heterocycles. The Morgan fingerprint density at radius 1 is 0.886 bits per heavy atom. The van der Waals surface area contributed by atoms with Gasteiger partial charge in [-0.05, 0) is 73.9 Å². The van der Waals surface area contributed by atoms with Gasteiger partial charge in [-0.15, -0.1) is 0 Å². The predicted octanol–water partition coefficient (Wildman–Crippen LogP) is 6.96. The number of hydrogen-bond donors (Lipinski definition) is 1. The Hall–Kier alpha value is -3.02. The number of unbranched alkanes of at least 4 members (excludes halogenated alkanes) is 2. The molecular formula is C28H29Cl2N3O2. The lowest BCUT2D eigenvalue weighted by molar-refractivity contribution is 0.0953. The molecule has 0 fully saturated rings. The number of aryl methyl sites for hydroxylation is 2. The first-order chi connectivity index (χ1) is 17.1. The van der Waals surface area contributed by atoms with Crippen molar-refractivity contribution in [2.75, 3.05) is 13.2 Å². The lowest BCUT2D eigenvalue weighted by Gasteiger charge is -2.11. The van der Waals surface area contributed by atoms with Gasteiger partial charge >= 0.3 is 0 Å². The van der Waals surface area contributed by atoms with E-state index in [1.54, 1.807) is 24.3 Å². The summed E-state index contributed by atoms with van der Waals surface area (Å²) in [4.78, 5) is 17.1. The van der Waals surface area contributed by atoms with Crippen molar-refractivity contribution in [1.82, 2.24) is 14.9 Å². The summed E-state index contributed by atoms with van der Waals surface area (Å²) in [5.41, 5.74) is 2.77. The van der Waals surface area contributed by atoms with E-state index >= 15 is 0 Å². The van der Waals surface area contributed by atoms with Gasteiger partial charge in [-0.2, -0.15) is 0 Å². The first-order valence-corrected chi connectivity index (χ1v) is 12.7. The average Bonchev–Trinajstić information content (AvgIpc) is 3.22. The number of aromatic nitrogens is 2. The number of nitrogens with one attached hydrogen (secondary N) is 1. The zero-order valence-electron chi connectivity index (χ0n) is 19.6. The predicted molar refractivity (Wildman–Crippen MR) is 143 cm³/mol. The molecule has 4 rings (SSSR count). The lowest BCUT2D eigenvalue weighted by Crippen LogP contribution is -2.24. The second-order valence-corrected chi connectivity index (χ2v) is 9.27. The number of carbonyl (C=O) groups excluding carboxylic acids is 1. The maximum absolute atomic E-state index is 12.2. The molecule has 0 unspecified atom stereocenters. The van der Waals surface area contributed by atoms with Crippen molar-refractivity contribution in [2.24, 2.45) is 0 Å². The highest BCUT2D eigenvalue weighted by molar-refractivity contribution is 6.31. The molecule has 1 amide bonds. The van der Waals surface area contributed by atoms with E-state index < -0.39 is 0 Å². The Labute approximate surface area is 216 Å². The number of nitrogens with zero attached hydrogens (tertiary/aromatic N) is 2. The number of amides is 1. The van der Waals surface area contributed by atoms with E-state index in [9.17, 15) is 4.79 Å². The number of fused-ring (bicyclic) bond motifs is 1. The Balaban J connectivity index is 1.24. The molecule has 3 aromatic carbocycles. The van der Waals surface area contributed by atoms with Crippen LogP contribution in [0.4, 0.5) is 0 Å². The van der Waals surface area contributed by atoms with Crippen LogP contribution in [0.5, 0.6) is 5.75 Å². The molecule has 0 saturated heterocycles. The van der Waals surface area contributed by atoms with Gasteiger partial charge in [0.05, 0.1) is 17.6 Å². The number of rotatable bonds is 12. The van der Waals surface area contributed by atoms with Gasteiger partial charge in [0.2, 0.25) is 0 Å². The third-order valence-corrected chi connectivity index (χ3v) is 6.28. The third-order valence-electron chi connectivity index (χ3n) is 5.79. The lowest BCUT2D eigenvalue weighted by atomic mass is 10.1. The van der Waals surface area contributed by atoms with Gasteiger partial charge in [0.15, 0.2) is 0 Å². The summed E-state index contributed by atoms with van der Waals surface area (Å²) in [5.74, 6) is 1.84. The van der Waals surface area contributed by atoms with E-state index in [1.165, 1.54) is 0 Å². The standard InChI is InChI=1S/C28H29Cl2N3O2/c29-22-13-15-24(16-14-22)35-19-7-18-33-26-11-4-3-10-25(26)32-27(33)12-2-1-5-17-31-28(34)21-8-6-9-23(30)20-21/h3-4,6,8-11,13-16,20H,1-2,5,7,12,17-19H2,(H,31,34). The highest BCUT2D eigenvalue weighted by atomic mass is 35.5. The van der Waals surface area contributed by atoms with Crippen LogP contribution < -0.4 is 10.1 Å². The highest BCUT2D eigenvalue weighted by Crippen LogP contribution is 2.19. The van der Waals surface area contributed by atoms with Crippen LogP contribution >= 0.6 is 23.2 Å². The van der Waals surface area contributed by atoms with Crippen molar-refractivity contribution in [3.05, 3.63) is 94.2 Å². The number of benzene rings is 3. The summed E-state index contributed by atoms with van der Waals surface area (Å²) in [6.45, 7) is 2.11. The van der Waals surface area contributed by atoms with Crippen LogP contribution in [0.25, 0.3) is 11.0 Å². The molecule has 0 bridgehead atoms. The molecule has 0 aliphatic carbocycles. The van der Waals surface area contributed by atoms with Gasteiger partial charge in [-0.3, -0.25) is 4.79 Å². The molecule has 5 nitrogen and oxygen atoms in total. The summed E-state index contributed by atoms with van der Waals surface area (Å²) in [5, 5.41) is 4.24. The number of para-hydroxylation sites is 2. The fraction of sp³-hybridized carbons (Fsp3) is 0.286. The summed E-state index contributed by atoms with van der Waals surface area (Å²) in [6, 6.07) is 22.7. The van der Waals surface area contributed by atoms with E-state index in [0.29, 0.717) is 28.8 Å². The quantitative estimate of drug-likeness (QED) is 0.210. The van der Waals surface area contributed by atoms with Crippen LogP contribution in [-0.4, -0.2) is 28.6 Å². The van der Waals surface area contributed by atoms with Crippen molar-refractivity contribution < 1.29 is 9.53 Å². The molecular weight excluding hydrogens is 481 g/mol. The van der Waals surface area contributed by atoms with E-state index in [0.717, 1.165) is 61.3 Å². The Morgan fingerprint density at radius 3 is 2.54 bits per heavy atom. The summed E-state index contributed by atoms with van der Waals surface area (Å²) >= 11 is 11.9. The number of ether oxygens (including phenoxy) is 1. The number of imidazole rings is 1. The minimum absolute atomic E-state index is 0.0879. The van der Waals surface area contributed by atoms with Crippen molar-refractivity contribution in [3.8, 4) is 5.75 Å². The summed E-state index contributed by atoms with van der Waals surface area (Å²) in [7, 11) is 0. The molecule has 35 heavy (non-hydrogen) atoms. The second-order valence-electron chi connectivity index (χ2n) is 8.40. The zero-order chi connectivity index (χ0) is 24.5. The SMILES string of the molecule is O=C(NCCCCCc1nc2ccccc2n1CCCOc1ccc(Cl)cc1)c1cccc(Cl)c1. The Morgan fingerprint density at radius 2 is 1.71 bits per heavy atom. The first kappa shape index (κ1) is 25.1. The minimum Gasteiger partial charge on any atom is -0.494 e. The van der Waals surface area contributed by atoms with Crippen molar-refractivity contribution in [3.63, 3.8) is 0 Å². The number of hydrogen-bond acceptors (Lipinski definition) is 3. The van der Waals surface area contributed by atoms with Crippen LogP contribution in [0.2, 0.25) is 10.0 Å². The van der Waals surface area contributed by atoms with Gasteiger partial charge in [0, 0.05) is 35.1 Å². The van der Waals surface area contributed by atoms with E-state index in [4.69, 9.17) is 32.9 Å². The smallest absolute Gasteiger partial charge is 0.251 e. The maximum atomic E-state index is 12.2. The molecule has 0 spiro atoms. The van der Waals surface area contributed by atoms with Crippen LogP contribution in [0.3, 0.4) is 0 Å². The van der Waals surface area contributed by atoms with E-state index in [2.05, 4.69) is 28.1 Å². The monoisotopic (exact) mass is 509 g/mol. The Bertz CT molecular complexity index is 1250. The van der Waals surface area contributed by atoms with Gasteiger partial charge < -0.3 is 14.6 Å². The van der Waals surface area contributed by atoms with E-state index in [1.807, 2.05) is 30.3 Å². The number of halogens is 2. The minimum atomic E-state index is -0.0879. The number of carbonyl (C=O) groups is 1. The van der Waals surface area contributed by atoms with Gasteiger partial charge in [-0.25, -0.2) is 4.98 Å². The van der Waals surface area contributed by atoms with Crippen LogP contribution in [0.1, 0.15) is 41.9 Å². The molecule has 0 atom stereocenters. The molecule has 0 aliphatic rings. The van der Waals surface area contributed by atoms with Crippen molar-refractivity contribution in [2.45, 2.75) is 38.6 Å². The molecule has 1 N–H and O–H groups in total. The topological polar surface area (TPSA) is 56.2 Å². The molecule has 0 aliphatic heterocycles. The van der Waals surface area contributed by atoms with Crippen LogP contribution in [0, 0.1) is 0 Å². The van der Waals surface area contributed by atoms with Crippen molar-refractivity contribution in [1.29, 1.82) is 0 Å². The van der Waals surface area contributed by atoms with Gasteiger partial charge in [-0.1, -0.05) is 47.8 Å². The maximum Gasteiger partial charge on any atom is 0.251 e. The fourth-order valence-corrected chi connectivity index (χ4v) is 4.34. The fourth-order valence-electron chi connectivity index (χ4n) is 4.03. The van der Waals surface area contributed by atoms with E-state index in [-0.39, 0.29) is 5.91 Å². The summed E-state index contributed by atoms with van der Waals surface area (Å²) in [6.07, 6.45) is 4.72. The largest absolute Gasteiger partial charge is 0.494 e. The molecule has 0 saturated carbocycles. The Kier molecular flexibility index (Phi) is 9.04. The van der Waals surface area contributed by atoms with Crippen LogP contribution in [-0.2, 0) is 13.0 Å². The summed E-state index contributed by atoms with van der Waals surface area (Å²) < 4.78 is 8.17. The first-order valence-electron chi connectivity index (χ1n) is 12.0. The molecule has 0 radical (unpaired) electrons. The van der Waals surface area contributed by atoms with Crippen molar-refractivity contribution >= 4 is 40.1 Å². The zero-order valence-corrected chi connectivity index (χ0v) is 21.1. The third kappa shape index (κ3) is 7.23. The van der Waals surface area contributed by atoms with Gasteiger partial charge in [0.25, 0.3) is 5.91 Å². The molecule has 4 aromatic rings. The molecule has 1 heterocycles.